The molecule has 21 heavy (non-hydrogen) atoms. The van der Waals surface area contributed by atoms with Gasteiger partial charge in [0.15, 0.2) is 0 Å². The molecule has 2 aromatic rings. The highest BCUT2D eigenvalue weighted by Crippen LogP contribution is 2.34. The van der Waals surface area contributed by atoms with E-state index in [0.29, 0.717) is 6.61 Å². The Balaban J connectivity index is 2.46. The first-order chi connectivity index (χ1) is 10.2. The predicted molar refractivity (Wildman–Crippen MR) is 88.0 cm³/mol. The molecule has 1 N–H and O–H groups in total. The molecule has 3 heteroatoms. The van der Waals surface area contributed by atoms with Gasteiger partial charge >= 0.3 is 0 Å². The van der Waals surface area contributed by atoms with E-state index in [9.17, 15) is 0 Å². The van der Waals surface area contributed by atoms with Gasteiger partial charge in [-0.3, -0.25) is 0 Å². The average molecular weight is 287 g/mol. The van der Waals surface area contributed by atoms with Gasteiger partial charge in [0, 0.05) is 24.1 Å². The van der Waals surface area contributed by atoms with Crippen molar-refractivity contribution in [3.8, 4) is 5.75 Å². The summed E-state index contributed by atoms with van der Waals surface area (Å²) in [5.41, 5.74) is 1.19. The Hall–Kier alpha value is -1.58. The first-order valence-corrected chi connectivity index (χ1v) is 7.58. The molecule has 0 aliphatic carbocycles. The fourth-order valence-electron chi connectivity index (χ4n) is 2.62. The zero-order chi connectivity index (χ0) is 15.2. The maximum atomic E-state index is 6.20. The minimum absolute atomic E-state index is 0.0217. The monoisotopic (exact) mass is 287 g/mol. The second-order valence-electron chi connectivity index (χ2n) is 5.37. The van der Waals surface area contributed by atoms with Crippen LogP contribution in [0.4, 0.5) is 0 Å². The summed E-state index contributed by atoms with van der Waals surface area (Å²) in [6.45, 7) is 7.83. The largest absolute Gasteiger partial charge is 0.487 e. The molecular formula is C18H25NO2. The van der Waals surface area contributed by atoms with Gasteiger partial charge < -0.3 is 14.8 Å². The lowest BCUT2D eigenvalue weighted by Gasteiger charge is -2.22. The van der Waals surface area contributed by atoms with E-state index in [4.69, 9.17) is 9.47 Å². The number of benzene rings is 2. The van der Waals surface area contributed by atoms with Crippen LogP contribution >= 0.6 is 0 Å². The van der Waals surface area contributed by atoms with Crippen LogP contribution in [0.1, 0.15) is 32.4 Å². The molecule has 0 heterocycles. The molecule has 2 aromatic carbocycles. The number of rotatable bonds is 7. The Kier molecular flexibility index (Phi) is 5.59. The zero-order valence-electron chi connectivity index (χ0n) is 13.3. The molecule has 0 amide bonds. The van der Waals surface area contributed by atoms with Crippen LogP contribution < -0.4 is 10.1 Å². The fourth-order valence-corrected chi connectivity index (χ4v) is 2.62. The summed E-state index contributed by atoms with van der Waals surface area (Å²) in [7, 11) is 1.70. The number of fused-ring (bicyclic) bond motifs is 1. The highest BCUT2D eigenvalue weighted by molar-refractivity contribution is 5.89. The topological polar surface area (TPSA) is 30.5 Å². The van der Waals surface area contributed by atoms with Crippen LogP contribution in [-0.2, 0) is 4.74 Å². The fraction of sp³-hybridized carbons (Fsp3) is 0.444. The van der Waals surface area contributed by atoms with E-state index in [1.165, 1.54) is 10.9 Å². The third-order valence-corrected chi connectivity index (χ3v) is 3.61. The molecule has 2 atom stereocenters. The van der Waals surface area contributed by atoms with E-state index in [2.05, 4.69) is 55.6 Å². The molecule has 0 aliphatic rings. The number of nitrogens with one attached hydrogen (secondary N) is 1. The van der Waals surface area contributed by atoms with Gasteiger partial charge in [-0.15, -0.1) is 0 Å². The smallest absolute Gasteiger partial charge is 0.132 e. The molecule has 0 aliphatic heterocycles. The molecule has 3 nitrogen and oxygen atoms in total. The summed E-state index contributed by atoms with van der Waals surface area (Å²) in [5, 5.41) is 5.81. The second-order valence-corrected chi connectivity index (χ2v) is 5.37. The maximum Gasteiger partial charge on any atom is 0.132 e. The molecule has 0 aromatic heterocycles. The van der Waals surface area contributed by atoms with Crippen LogP contribution in [0.5, 0.6) is 5.75 Å². The summed E-state index contributed by atoms with van der Waals surface area (Å²) < 4.78 is 11.4. The third-order valence-electron chi connectivity index (χ3n) is 3.61. The van der Waals surface area contributed by atoms with Crippen molar-refractivity contribution in [3.63, 3.8) is 0 Å². The van der Waals surface area contributed by atoms with Crippen LogP contribution in [0.3, 0.4) is 0 Å². The Labute approximate surface area is 127 Å². The van der Waals surface area contributed by atoms with E-state index >= 15 is 0 Å². The van der Waals surface area contributed by atoms with Gasteiger partial charge in [0.25, 0.3) is 0 Å². The van der Waals surface area contributed by atoms with Gasteiger partial charge in [-0.25, -0.2) is 0 Å². The molecule has 0 bridgehead atoms. The van der Waals surface area contributed by atoms with Crippen LogP contribution in [-0.4, -0.2) is 26.4 Å². The third kappa shape index (κ3) is 3.74. The minimum atomic E-state index is 0.0217. The Bertz CT molecular complexity index is 582. The highest BCUT2D eigenvalue weighted by atomic mass is 16.5. The van der Waals surface area contributed by atoms with Crippen LogP contribution in [0, 0.1) is 0 Å². The number of ether oxygens (including phenoxy) is 2. The molecule has 114 valence electrons. The lowest BCUT2D eigenvalue weighted by molar-refractivity contribution is 0.0921. The Morgan fingerprint density at radius 2 is 1.86 bits per heavy atom. The van der Waals surface area contributed by atoms with Crippen LogP contribution in [0.15, 0.2) is 36.4 Å². The molecule has 0 spiro atoms. The number of hydrogen-bond acceptors (Lipinski definition) is 3. The van der Waals surface area contributed by atoms with Gasteiger partial charge in [0.2, 0.25) is 0 Å². The van der Waals surface area contributed by atoms with Gasteiger partial charge in [0.05, 0.1) is 6.61 Å². The van der Waals surface area contributed by atoms with Crippen molar-refractivity contribution in [3.05, 3.63) is 42.0 Å². The second kappa shape index (κ2) is 7.43. The lowest BCUT2D eigenvalue weighted by Crippen LogP contribution is -2.22. The van der Waals surface area contributed by atoms with E-state index in [1.807, 2.05) is 6.92 Å². The molecule has 0 saturated heterocycles. The van der Waals surface area contributed by atoms with Gasteiger partial charge in [0.1, 0.15) is 11.9 Å². The molecule has 2 rings (SSSR count). The van der Waals surface area contributed by atoms with Crippen molar-refractivity contribution < 1.29 is 9.47 Å². The SMILES string of the molecule is CCNC(C)c1ccc2ccccc2c1OC(C)COC. The summed E-state index contributed by atoms with van der Waals surface area (Å²) >= 11 is 0. The van der Waals surface area contributed by atoms with Crippen molar-refractivity contribution in [2.24, 2.45) is 0 Å². The van der Waals surface area contributed by atoms with Crippen molar-refractivity contribution in [2.45, 2.75) is 32.9 Å². The van der Waals surface area contributed by atoms with Crippen molar-refractivity contribution in [1.29, 1.82) is 0 Å². The van der Waals surface area contributed by atoms with Gasteiger partial charge in [-0.05, 0) is 25.8 Å². The van der Waals surface area contributed by atoms with Crippen LogP contribution in [0.25, 0.3) is 10.8 Å². The maximum absolute atomic E-state index is 6.20. The van der Waals surface area contributed by atoms with Crippen LogP contribution in [0.2, 0.25) is 0 Å². The first-order valence-electron chi connectivity index (χ1n) is 7.58. The average Bonchev–Trinajstić information content (AvgIpc) is 2.48. The summed E-state index contributed by atoms with van der Waals surface area (Å²) in [6, 6.07) is 12.9. The van der Waals surface area contributed by atoms with Crippen molar-refractivity contribution in [1.82, 2.24) is 5.32 Å². The van der Waals surface area contributed by atoms with E-state index in [1.54, 1.807) is 7.11 Å². The van der Waals surface area contributed by atoms with E-state index in [-0.39, 0.29) is 12.1 Å². The number of hydrogen-bond donors (Lipinski definition) is 1. The molecular weight excluding hydrogens is 262 g/mol. The van der Waals surface area contributed by atoms with E-state index in [0.717, 1.165) is 17.7 Å². The summed E-state index contributed by atoms with van der Waals surface area (Å²) in [5.74, 6) is 0.964. The molecule has 2 unspecified atom stereocenters. The molecule has 0 fully saturated rings. The van der Waals surface area contributed by atoms with Gasteiger partial charge in [-0.2, -0.15) is 0 Å². The minimum Gasteiger partial charge on any atom is -0.487 e. The summed E-state index contributed by atoms with van der Waals surface area (Å²) in [4.78, 5) is 0. The first kappa shape index (κ1) is 15.8. The summed E-state index contributed by atoms with van der Waals surface area (Å²) in [6.07, 6.45) is 0.0217. The Morgan fingerprint density at radius 1 is 1.10 bits per heavy atom. The number of methoxy groups -OCH3 is 1. The van der Waals surface area contributed by atoms with Crippen molar-refractivity contribution in [2.75, 3.05) is 20.3 Å². The lowest BCUT2D eigenvalue weighted by atomic mass is 10.0. The van der Waals surface area contributed by atoms with E-state index < -0.39 is 0 Å². The molecule has 0 saturated carbocycles. The predicted octanol–water partition coefficient (Wildman–Crippen LogP) is 3.92. The quantitative estimate of drug-likeness (QED) is 0.837. The molecule has 0 radical (unpaired) electrons. The highest BCUT2D eigenvalue weighted by Gasteiger charge is 2.16. The van der Waals surface area contributed by atoms with Crippen molar-refractivity contribution >= 4 is 10.8 Å². The normalized spacial score (nSPS) is 14.1. The Morgan fingerprint density at radius 3 is 2.57 bits per heavy atom. The van der Waals surface area contributed by atoms with Gasteiger partial charge in [-0.1, -0.05) is 43.3 Å². The zero-order valence-corrected chi connectivity index (χ0v) is 13.3. The standard InChI is InChI=1S/C18H25NO2/c1-5-19-14(3)16-11-10-15-8-6-7-9-17(15)18(16)21-13(2)12-20-4/h6-11,13-14,19H,5,12H2,1-4H3.